The first-order valence-electron chi connectivity index (χ1n) is 6.73. The molecule has 0 aromatic carbocycles. The Morgan fingerprint density at radius 1 is 1.33 bits per heavy atom. The first-order chi connectivity index (χ1) is 8.80. The fourth-order valence-corrected chi connectivity index (χ4v) is 2.67. The van der Waals surface area contributed by atoms with Crippen molar-refractivity contribution in [2.75, 3.05) is 6.61 Å². The fraction of sp³-hybridized carbons (Fsp3) is 0.643. The number of hydrogen-bond acceptors (Lipinski definition) is 4. The number of carbonyl (C=O) groups is 1. The minimum atomic E-state index is -0.385. The summed E-state index contributed by atoms with van der Waals surface area (Å²) < 4.78 is 6.00. The zero-order chi connectivity index (χ0) is 12.8. The molecule has 0 amide bonds. The highest BCUT2D eigenvalue weighted by molar-refractivity contribution is 5.71. The van der Waals surface area contributed by atoms with E-state index in [0.717, 1.165) is 32.0 Å². The lowest BCUT2D eigenvalue weighted by Crippen LogP contribution is -2.32. The molecule has 0 atom stereocenters. The maximum atomic E-state index is 10.8. The van der Waals surface area contributed by atoms with E-state index in [1.165, 1.54) is 12.8 Å². The number of rotatable bonds is 4. The number of ether oxygens (including phenoxy) is 1. The smallest absolute Gasteiger partial charge is 0.168 e. The average Bonchev–Trinajstić information content (AvgIpc) is 2.66. The Balaban J connectivity index is 2.34. The van der Waals surface area contributed by atoms with Crippen molar-refractivity contribution in [3.05, 3.63) is 23.8 Å². The zero-order valence-corrected chi connectivity index (χ0v) is 10.9. The second kappa shape index (κ2) is 6.05. The molecule has 0 radical (unpaired) electrons. The lowest BCUT2D eigenvalue weighted by molar-refractivity contribution is -0.0625. The molecule has 1 fully saturated rings. The van der Waals surface area contributed by atoms with E-state index in [-0.39, 0.29) is 5.60 Å². The van der Waals surface area contributed by atoms with Crippen LogP contribution in [0.3, 0.4) is 0 Å². The van der Waals surface area contributed by atoms with Crippen LogP contribution in [0.25, 0.3) is 0 Å². The molecule has 1 heterocycles. The van der Waals surface area contributed by atoms with E-state index >= 15 is 0 Å². The van der Waals surface area contributed by atoms with E-state index in [1.807, 2.05) is 6.92 Å². The fourth-order valence-electron chi connectivity index (χ4n) is 2.67. The SMILES string of the molecule is CCOC1(c2nccc(C=O)n2)CCCCCC1. The molecule has 0 bridgehead atoms. The van der Waals surface area contributed by atoms with E-state index in [9.17, 15) is 4.79 Å². The van der Waals surface area contributed by atoms with Gasteiger partial charge in [0.05, 0.1) is 0 Å². The maximum absolute atomic E-state index is 10.8. The lowest BCUT2D eigenvalue weighted by Gasteiger charge is -2.31. The van der Waals surface area contributed by atoms with Crippen LogP contribution in [0.15, 0.2) is 12.3 Å². The summed E-state index contributed by atoms with van der Waals surface area (Å²) in [6.45, 7) is 2.64. The molecule has 0 spiro atoms. The van der Waals surface area contributed by atoms with Gasteiger partial charge in [-0.2, -0.15) is 0 Å². The summed E-state index contributed by atoms with van der Waals surface area (Å²) in [5, 5.41) is 0. The second-order valence-corrected chi connectivity index (χ2v) is 4.76. The second-order valence-electron chi connectivity index (χ2n) is 4.76. The van der Waals surface area contributed by atoms with E-state index in [2.05, 4.69) is 9.97 Å². The third kappa shape index (κ3) is 2.75. The van der Waals surface area contributed by atoms with Crippen molar-refractivity contribution in [1.29, 1.82) is 0 Å². The van der Waals surface area contributed by atoms with E-state index in [0.29, 0.717) is 18.1 Å². The Morgan fingerprint density at radius 2 is 2.06 bits per heavy atom. The molecule has 1 aliphatic carbocycles. The predicted octanol–water partition coefficient (Wildman–Crippen LogP) is 2.88. The maximum Gasteiger partial charge on any atom is 0.168 e. The van der Waals surface area contributed by atoms with Gasteiger partial charge in [0.1, 0.15) is 11.3 Å². The quantitative estimate of drug-likeness (QED) is 0.607. The van der Waals surface area contributed by atoms with Gasteiger partial charge in [0, 0.05) is 12.8 Å². The van der Waals surface area contributed by atoms with Gasteiger partial charge in [-0.15, -0.1) is 0 Å². The average molecular weight is 248 g/mol. The van der Waals surface area contributed by atoms with Crippen LogP contribution in [0.4, 0.5) is 0 Å². The van der Waals surface area contributed by atoms with Gasteiger partial charge in [0.2, 0.25) is 0 Å². The number of nitrogens with zero attached hydrogens (tertiary/aromatic N) is 2. The Bertz CT molecular complexity index is 399. The molecule has 4 nitrogen and oxygen atoms in total. The van der Waals surface area contributed by atoms with Gasteiger partial charge in [-0.25, -0.2) is 9.97 Å². The Kier molecular flexibility index (Phi) is 4.42. The van der Waals surface area contributed by atoms with Crippen molar-refractivity contribution in [2.24, 2.45) is 0 Å². The highest BCUT2D eigenvalue weighted by Crippen LogP contribution is 2.37. The molecule has 1 saturated carbocycles. The van der Waals surface area contributed by atoms with Gasteiger partial charge in [0.15, 0.2) is 12.1 Å². The first kappa shape index (κ1) is 13.1. The molecule has 1 aromatic rings. The van der Waals surface area contributed by atoms with Crippen LogP contribution in [0.1, 0.15) is 61.8 Å². The van der Waals surface area contributed by atoms with Gasteiger partial charge in [0.25, 0.3) is 0 Å². The van der Waals surface area contributed by atoms with E-state index < -0.39 is 0 Å². The number of hydrogen-bond donors (Lipinski definition) is 0. The minimum absolute atomic E-state index is 0.385. The van der Waals surface area contributed by atoms with Crippen molar-refractivity contribution in [3.8, 4) is 0 Å². The van der Waals surface area contributed by atoms with Gasteiger partial charge in [-0.1, -0.05) is 25.7 Å². The van der Waals surface area contributed by atoms with Crippen LogP contribution in [-0.4, -0.2) is 22.9 Å². The first-order valence-corrected chi connectivity index (χ1v) is 6.73. The highest BCUT2D eigenvalue weighted by Gasteiger charge is 2.36. The predicted molar refractivity (Wildman–Crippen MR) is 68.4 cm³/mol. The summed E-state index contributed by atoms with van der Waals surface area (Å²) in [7, 11) is 0. The van der Waals surface area contributed by atoms with Crippen LogP contribution in [0, 0.1) is 0 Å². The zero-order valence-electron chi connectivity index (χ0n) is 10.9. The molecule has 98 valence electrons. The van der Waals surface area contributed by atoms with E-state index in [1.54, 1.807) is 12.3 Å². The Labute approximate surface area is 108 Å². The van der Waals surface area contributed by atoms with Crippen LogP contribution in [-0.2, 0) is 10.3 Å². The minimum Gasteiger partial charge on any atom is -0.367 e. The third-order valence-electron chi connectivity index (χ3n) is 3.54. The van der Waals surface area contributed by atoms with Crippen LogP contribution in [0.5, 0.6) is 0 Å². The summed E-state index contributed by atoms with van der Waals surface area (Å²) in [6.07, 6.45) is 9.05. The van der Waals surface area contributed by atoms with Crippen molar-refractivity contribution in [2.45, 2.75) is 51.0 Å². The standard InChI is InChI=1S/C14H20N2O2/c1-2-18-14(8-5-3-4-6-9-14)13-15-10-7-12(11-17)16-13/h7,10-11H,2-6,8-9H2,1H3. The van der Waals surface area contributed by atoms with Crippen molar-refractivity contribution in [3.63, 3.8) is 0 Å². The molecule has 0 saturated heterocycles. The Morgan fingerprint density at radius 3 is 2.67 bits per heavy atom. The van der Waals surface area contributed by atoms with Crippen LogP contribution in [0.2, 0.25) is 0 Å². The third-order valence-corrected chi connectivity index (χ3v) is 3.54. The summed E-state index contributed by atoms with van der Waals surface area (Å²) in [6, 6.07) is 1.63. The molecule has 2 rings (SSSR count). The molecule has 1 aliphatic rings. The molecular formula is C14H20N2O2. The molecule has 4 heteroatoms. The number of aromatic nitrogens is 2. The van der Waals surface area contributed by atoms with Crippen LogP contribution < -0.4 is 0 Å². The van der Waals surface area contributed by atoms with Crippen molar-refractivity contribution >= 4 is 6.29 Å². The molecule has 18 heavy (non-hydrogen) atoms. The van der Waals surface area contributed by atoms with Crippen LogP contribution >= 0.6 is 0 Å². The van der Waals surface area contributed by atoms with Gasteiger partial charge in [-0.3, -0.25) is 4.79 Å². The molecular weight excluding hydrogens is 228 g/mol. The number of carbonyl (C=O) groups excluding carboxylic acids is 1. The topological polar surface area (TPSA) is 52.1 Å². The molecule has 0 N–H and O–H groups in total. The lowest BCUT2D eigenvalue weighted by atomic mass is 9.93. The largest absolute Gasteiger partial charge is 0.367 e. The van der Waals surface area contributed by atoms with Gasteiger partial charge < -0.3 is 4.74 Å². The van der Waals surface area contributed by atoms with E-state index in [4.69, 9.17) is 4.74 Å². The molecule has 1 aromatic heterocycles. The monoisotopic (exact) mass is 248 g/mol. The summed E-state index contributed by atoms with van der Waals surface area (Å²) in [5.74, 6) is 0.677. The Hall–Kier alpha value is -1.29. The van der Waals surface area contributed by atoms with Gasteiger partial charge in [-0.05, 0) is 25.8 Å². The molecule has 0 aliphatic heterocycles. The van der Waals surface area contributed by atoms with Gasteiger partial charge >= 0.3 is 0 Å². The summed E-state index contributed by atoms with van der Waals surface area (Å²) in [5.41, 5.74) is 0.0490. The highest BCUT2D eigenvalue weighted by atomic mass is 16.5. The van der Waals surface area contributed by atoms with Crippen molar-refractivity contribution < 1.29 is 9.53 Å². The summed E-state index contributed by atoms with van der Waals surface area (Å²) >= 11 is 0. The normalized spacial score (nSPS) is 19.2. The van der Waals surface area contributed by atoms with Crippen molar-refractivity contribution in [1.82, 2.24) is 9.97 Å². The molecule has 0 unspecified atom stereocenters. The number of aldehydes is 1. The summed E-state index contributed by atoms with van der Waals surface area (Å²) in [4.78, 5) is 19.5.